The first-order valence-corrected chi connectivity index (χ1v) is 3.65. The smallest absolute Gasteiger partial charge is 0.0230 e. The molecule has 1 heteroatoms. The maximum Gasteiger partial charge on any atom is 0.0230 e. The molecule has 0 rings (SSSR count). The van der Waals surface area contributed by atoms with Gasteiger partial charge in [0.2, 0.25) is 0 Å². The lowest BCUT2D eigenvalue weighted by atomic mass is 10.3. The molecule has 0 aliphatic heterocycles. The number of rotatable bonds is 3. The molecule has 0 aliphatic carbocycles. The molecule has 0 spiro atoms. The summed E-state index contributed by atoms with van der Waals surface area (Å²) in [7, 11) is 0. The van der Waals surface area contributed by atoms with Crippen LogP contribution in [0.4, 0.5) is 0 Å². The van der Waals surface area contributed by atoms with E-state index in [2.05, 4.69) is 22.6 Å². The van der Waals surface area contributed by atoms with Crippen molar-refractivity contribution in [1.82, 2.24) is 0 Å². The summed E-state index contributed by atoms with van der Waals surface area (Å²) in [5.41, 5.74) is 0. The van der Waals surface area contributed by atoms with Crippen LogP contribution in [-0.2, 0) is 0 Å². The molecule has 0 aliphatic rings. The molecular weight excluding hydrogens is 187 g/mol. The Bertz CT molecular complexity index is 69.1. The molecule has 0 nitrogen and oxygen atoms in total. The van der Waals surface area contributed by atoms with Crippen molar-refractivity contribution in [2.24, 2.45) is 0 Å². The third-order valence-electron chi connectivity index (χ3n) is 0.560. The van der Waals surface area contributed by atoms with E-state index in [0.717, 1.165) is 17.3 Å². The van der Waals surface area contributed by atoms with Gasteiger partial charge in [-0.2, -0.15) is 0 Å². The Morgan fingerprint density at radius 3 is 3.00 bits per heavy atom. The molecule has 0 saturated heterocycles. The summed E-state index contributed by atoms with van der Waals surface area (Å²) in [5, 5.41) is 0. The molecule has 0 saturated carbocycles. The van der Waals surface area contributed by atoms with Crippen LogP contribution in [0.5, 0.6) is 0 Å². The number of halogens is 1. The molecule has 0 aromatic rings. The summed E-state index contributed by atoms with van der Waals surface area (Å²) in [6, 6.07) is 0. The van der Waals surface area contributed by atoms with Gasteiger partial charge in [-0.3, -0.25) is 0 Å². The number of hydrogen-bond donors (Lipinski definition) is 0. The van der Waals surface area contributed by atoms with E-state index in [1.165, 1.54) is 0 Å². The molecule has 6 heavy (non-hydrogen) atoms. The van der Waals surface area contributed by atoms with Gasteiger partial charge in [-0.15, -0.1) is 0 Å². The van der Waals surface area contributed by atoms with Crippen LogP contribution in [0.15, 0.2) is 0 Å². The predicted octanol–water partition coefficient (Wildman–Crippen LogP) is 2.61. The summed E-state index contributed by atoms with van der Waals surface area (Å²) >= 11 is 2.26. The van der Waals surface area contributed by atoms with E-state index in [-0.39, 0.29) is 0 Å². The molecule has 0 bridgehead atoms. The molecule has 0 aromatic carbocycles. The minimum Gasteiger partial charge on any atom is -0.0864 e. The highest BCUT2D eigenvalue weighted by Gasteiger charge is 1.76. The third kappa shape index (κ3) is 4.73. The van der Waals surface area contributed by atoms with E-state index < -0.39 is 6.85 Å². The Kier molecular flexibility index (Phi) is 2.77. The standard InChI is InChI=1S/C5H11I/c1-2-3-4-5-6/h2-5H2,1H3/i1D3. The van der Waals surface area contributed by atoms with Gasteiger partial charge in [0, 0.05) is 4.11 Å². The SMILES string of the molecule is [2H]C([2H])([2H])CCCCI. The van der Waals surface area contributed by atoms with Crippen LogP contribution in [0.3, 0.4) is 0 Å². The summed E-state index contributed by atoms with van der Waals surface area (Å²) < 4.78 is 21.6. The van der Waals surface area contributed by atoms with E-state index in [9.17, 15) is 0 Å². The summed E-state index contributed by atoms with van der Waals surface area (Å²) in [6.45, 7) is -1.70. The van der Waals surface area contributed by atoms with Crippen molar-refractivity contribution in [3.8, 4) is 0 Å². The van der Waals surface area contributed by atoms with Crippen LogP contribution in [0.1, 0.15) is 30.2 Å². The van der Waals surface area contributed by atoms with Gasteiger partial charge in [-0.1, -0.05) is 42.3 Å². The monoisotopic (exact) mass is 201 g/mol. The van der Waals surface area contributed by atoms with Crippen molar-refractivity contribution >= 4 is 22.6 Å². The van der Waals surface area contributed by atoms with Gasteiger partial charge < -0.3 is 0 Å². The maximum atomic E-state index is 6.84. The zero-order valence-corrected chi connectivity index (χ0v) is 5.86. The Labute approximate surface area is 57.7 Å². The normalized spacial score (nSPS) is 18.5. The van der Waals surface area contributed by atoms with Crippen LogP contribution in [0, 0.1) is 0 Å². The summed E-state index contributed by atoms with van der Waals surface area (Å²) in [4.78, 5) is 0. The number of hydrogen-bond acceptors (Lipinski definition) is 0. The van der Waals surface area contributed by atoms with E-state index in [0.29, 0.717) is 6.42 Å². The fourth-order valence-corrected chi connectivity index (χ4v) is 0.759. The van der Waals surface area contributed by atoms with Gasteiger partial charge in [0.25, 0.3) is 0 Å². The zero-order chi connectivity index (χ0) is 7.33. The van der Waals surface area contributed by atoms with Crippen molar-refractivity contribution in [3.63, 3.8) is 0 Å². The lowest BCUT2D eigenvalue weighted by molar-refractivity contribution is 0.785. The van der Waals surface area contributed by atoms with Gasteiger partial charge in [-0.05, 0) is 10.8 Å². The van der Waals surface area contributed by atoms with Crippen molar-refractivity contribution in [2.75, 3.05) is 4.43 Å². The molecule has 0 unspecified atom stereocenters. The van der Waals surface area contributed by atoms with E-state index in [1.807, 2.05) is 0 Å². The Hall–Kier alpha value is 0.730. The average Bonchev–Trinajstić information content (AvgIpc) is 1.63. The Morgan fingerprint density at radius 2 is 2.50 bits per heavy atom. The van der Waals surface area contributed by atoms with Crippen LogP contribution in [-0.4, -0.2) is 4.43 Å². The highest BCUT2D eigenvalue weighted by Crippen LogP contribution is 1.96. The van der Waals surface area contributed by atoms with E-state index in [1.54, 1.807) is 0 Å². The molecule has 0 fully saturated rings. The van der Waals surface area contributed by atoms with Gasteiger partial charge in [0.05, 0.1) is 0 Å². The second kappa shape index (κ2) is 5.73. The molecule has 0 atom stereocenters. The topological polar surface area (TPSA) is 0 Å². The molecule has 0 amide bonds. The summed E-state index contributed by atoms with van der Waals surface area (Å²) in [5.74, 6) is 0. The summed E-state index contributed by atoms with van der Waals surface area (Å²) in [6.07, 6.45) is 2.23. The predicted molar refractivity (Wildman–Crippen MR) is 38.4 cm³/mol. The molecule has 38 valence electrons. The lowest BCUT2D eigenvalue weighted by Gasteiger charge is -1.85. The minimum atomic E-state index is -1.70. The Balaban J connectivity index is 3.07. The number of unbranched alkanes of at least 4 members (excludes halogenated alkanes) is 1. The first kappa shape index (κ1) is 2.90. The fourth-order valence-electron chi connectivity index (χ4n) is 0.219. The van der Waals surface area contributed by atoms with Crippen LogP contribution < -0.4 is 0 Å². The van der Waals surface area contributed by atoms with Gasteiger partial charge >= 0.3 is 0 Å². The van der Waals surface area contributed by atoms with Crippen molar-refractivity contribution in [1.29, 1.82) is 0 Å². The third-order valence-corrected chi connectivity index (χ3v) is 1.32. The molecule has 0 aromatic heterocycles. The van der Waals surface area contributed by atoms with Crippen LogP contribution in [0.25, 0.3) is 0 Å². The second-order valence-corrected chi connectivity index (χ2v) is 2.22. The maximum absolute atomic E-state index is 6.84. The molecule has 0 heterocycles. The zero-order valence-electron chi connectivity index (χ0n) is 6.71. The second-order valence-electron chi connectivity index (χ2n) is 1.15. The Morgan fingerprint density at radius 1 is 1.67 bits per heavy atom. The van der Waals surface area contributed by atoms with Gasteiger partial charge in [0.1, 0.15) is 0 Å². The molecule has 0 radical (unpaired) electrons. The average molecular weight is 201 g/mol. The van der Waals surface area contributed by atoms with Gasteiger partial charge in [0.15, 0.2) is 0 Å². The quantitative estimate of drug-likeness (QED) is 0.374. The van der Waals surface area contributed by atoms with E-state index in [4.69, 9.17) is 4.11 Å². The lowest BCUT2D eigenvalue weighted by Crippen LogP contribution is -1.70. The first-order valence-electron chi connectivity index (χ1n) is 3.62. The highest BCUT2D eigenvalue weighted by atomic mass is 127. The fraction of sp³-hybridized carbons (Fsp3) is 1.00. The van der Waals surface area contributed by atoms with Gasteiger partial charge in [-0.25, -0.2) is 0 Å². The van der Waals surface area contributed by atoms with Crippen molar-refractivity contribution < 1.29 is 4.11 Å². The number of alkyl halides is 1. The highest BCUT2D eigenvalue weighted by molar-refractivity contribution is 14.1. The van der Waals surface area contributed by atoms with Crippen molar-refractivity contribution in [2.45, 2.75) is 26.1 Å². The van der Waals surface area contributed by atoms with Crippen LogP contribution in [0.2, 0.25) is 0 Å². The minimum absolute atomic E-state index is 0.371. The first-order chi connectivity index (χ1) is 4.06. The van der Waals surface area contributed by atoms with Crippen molar-refractivity contribution in [3.05, 3.63) is 0 Å². The molecule has 0 N–H and O–H groups in total. The largest absolute Gasteiger partial charge is 0.0864 e. The van der Waals surface area contributed by atoms with E-state index >= 15 is 0 Å². The molecular formula is C5H11I. The van der Waals surface area contributed by atoms with Crippen LogP contribution >= 0.6 is 22.6 Å².